The van der Waals surface area contributed by atoms with Gasteiger partial charge in [-0.15, -0.1) is 6.58 Å². The van der Waals surface area contributed by atoms with Crippen LogP contribution in [0.25, 0.3) is 0 Å². The molecule has 0 unspecified atom stereocenters. The summed E-state index contributed by atoms with van der Waals surface area (Å²) in [5, 5.41) is 2.09. The van der Waals surface area contributed by atoms with E-state index in [1.807, 2.05) is 0 Å². The SMILES string of the molecule is C=CCC(=O)NC(C)=O. The third-order valence-electron chi connectivity index (χ3n) is 0.645. The summed E-state index contributed by atoms with van der Waals surface area (Å²) in [6, 6.07) is 0. The number of amides is 2. The first-order chi connectivity index (χ1) is 4.16. The highest BCUT2D eigenvalue weighted by Gasteiger charge is 1.97. The Morgan fingerprint density at radius 1 is 1.67 bits per heavy atom. The molecular weight excluding hydrogens is 118 g/mol. The van der Waals surface area contributed by atoms with Crippen LogP contribution in [0.15, 0.2) is 12.7 Å². The minimum absolute atomic E-state index is 0.194. The molecule has 0 aromatic rings. The minimum Gasteiger partial charge on any atom is -0.296 e. The van der Waals surface area contributed by atoms with Crippen LogP contribution >= 0.6 is 0 Å². The van der Waals surface area contributed by atoms with Crippen LogP contribution in [-0.2, 0) is 9.59 Å². The van der Waals surface area contributed by atoms with Crippen molar-refractivity contribution in [1.29, 1.82) is 0 Å². The molecule has 0 aliphatic rings. The first-order valence-corrected chi connectivity index (χ1v) is 2.58. The van der Waals surface area contributed by atoms with Crippen molar-refractivity contribution in [3.05, 3.63) is 12.7 Å². The fraction of sp³-hybridized carbons (Fsp3) is 0.333. The molecule has 2 amide bonds. The van der Waals surface area contributed by atoms with Gasteiger partial charge in [-0.05, 0) is 0 Å². The topological polar surface area (TPSA) is 46.2 Å². The van der Waals surface area contributed by atoms with E-state index >= 15 is 0 Å². The second-order valence-electron chi connectivity index (χ2n) is 1.60. The second-order valence-corrected chi connectivity index (χ2v) is 1.60. The quantitative estimate of drug-likeness (QED) is 0.539. The average molecular weight is 127 g/mol. The number of imide groups is 1. The molecule has 0 rings (SSSR count). The first-order valence-electron chi connectivity index (χ1n) is 2.58. The van der Waals surface area contributed by atoms with E-state index in [0.29, 0.717) is 0 Å². The van der Waals surface area contributed by atoms with Gasteiger partial charge in [0.15, 0.2) is 0 Å². The van der Waals surface area contributed by atoms with E-state index in [9.17, 15) is 9.59 Å². The standard InChI is InChI=1S/C6H9NO2/c1-3-4-6(9)7-5(2)8/h3H,1,4H2,2H3,(H,7,8,9). The molecule has 0 atom stereocenters. The minimum atomic E-state index is -0.332. The van der Waals surface area contributed by atoms with Crippen LogP contribution < -0.4 is 5.32 Å². The van der Waals surface area contributed by atoms with Crippen LogP contribution in [0.3, 0.4) is 0 Å². The van der Waals surface area contributed by atoms with Crippen molar-refractivity contribution in [1.82, 2.24) is 5.32 Å². The number of hydrogen-bond donors (Lipinski definition) is 1. The van der Waals surface area contributed by atoms with Crippen molar-refractivity contribution >= 4 is 11.8 Å². The summed E-state index contributed by atoms with van der Waals surface area (Å²) < 4.78 is 0. The van der Waals surface area contributed by atoms with E-state index in [1.54, 1.807) is 0 Å². The lowest BCUT2D eigenvalue weighted by molar-refractivity contribution is -0.128. The van der Waals surface area contributed by atoms with E-state index in [2.05, 4.69) is 11.9 Å². The molecule has 3 heteroatoms. The lowest BCUT2D eigenvalue weighted by Gasteiger charge is -1.93. The summed E-state index contributed by atoms with van der Waals surface area (Å²) in [7, 11) is 0. The van der Waals surface area contributed by atoms with Crippen molar-refractivity contribution in [3.8, 4) is 0 Å². The summed E-state index contributed by atoms with van der Waals surface area (Å²) in [5.74, 6) is -0.639. The predicted molar refractivity (Wildman–Crippen MR) is 33.6 cm³/mol. The molecule has 0 saturated heterocycles. The van der Waals surface area contributed by atoms with Crippen molar-refractivity contribution in [2.75, 3.05) is 0 Å². The highest BCUT2D eigenvalue weighted by Crippen LogP contribution is 1.77. The average Bonchev–Trinajstić information content (AvgIpc) is 1.63. The fourth-order valence-electron chi connectivity index (χ4n) is 0.378. The summed E-state index contributed by atoms with van der Waals surface area (Å²) in [5.41, 5.74) is 0. The fourth-order valence-corrected chi connectivity index (χ4v) is 0.378. The molecule has 0 bridgehead atoms. The number of carbonyl (C=O) groups excluding carboxylic acids is 2. The maximum Gasteiger partial charge on any atom is 0.230 e. The van der Waals surface area contributed by atoms with Gasteiger partial charge < -0.3 is 0 Å². The summed E-state index contributed by atoms with van der Waals surface area (Å²) in [6.45, 7) is 4.63. The van der Waals surface area contributed by atoms with Crippen molar-refractivity contribution in [2.45, 2.75) is 13.3 Å². The van der Waals surface area contributed by atoms with E-state index in [1.165, 1.54) is 13.0 Å². The summed E-state index contributed by atoms with van der Waals surface area (Å²) in [6.07, 6.45) is 1.64. The van der Waals surface area contributed by atoms with Gasteiger partial charge in [-0.3, -0.25) is 14.9 Å². The number of nitrogens with one attached hydrogen (secondary N) is 1. The van der Waals surface area contributed by atoms with E-state index in [4.69, 9.17) is 0 Å². The number of rotatable bonds is 2. The zero-order chi connectivity index (χ0) is 7.28. The smallest absolute Gasteiger partial charge is 0.230 e. The van der Waals surface area contributed by atoms with Crippen LogP contribution in [0.4, 0.5) is 0 Å². The van der Waals surface area contributed by atoms with Crippen molar-refractivity contribution in [3.63, 3.8) is 0 Å². The highest BCUT2D eigenvalue weighted by atomic mass is 16.2. The molecule has 0 fully saturated rings. The summed E-state index contributed by atoms with van der Waals surface area (Å²) >= 11 is 0. The predicted octanol–water partition coefficient (Wildman–Crippen LogP) is 0.225. The molecule has 9 heavy (non-hydrogen) atoms. The maximum absolute atomic E-state index is 10.5. The molecule has 0 spiro atoms. The maximum atomic E-state index is 10.5. The molecule has 0 radical (unpaired) electrons. The van der Waals surface area contributed by atoms with Gasteiger partial charge in [0, 0.05) is 13.3 Å². The van der Waals surface area contributed by atoms with Crippen LogP contribution in [-0.4, -0.2) is 11.8 Å². The molecule has 0 aromatic heterocycles. The third kappa shape index (κ3) is 4.74. The Morgan fingerprint density at radius 2 is 2.22 bits per heavy atom. The Labute approximate surface area is 53.7 Å². The zero-order valence-electron chi connectivity index (χ0n) is 5.31. The Balaban J connectivity index is 3.50. The molecule has 0 heterocycles. The second kappa shape index (κ2) is 3.83. The van der Waals surface area contributed by atoms with E-state index in [-0.39, 0.29) is 18.2 Å². The van der Waals surface area contributed by atoms with Gasteiger partial charge in [0.1, 0.15) is 0 Å². The van der Waals surface area contributed by atoms with Crippen molar-refractivity contribution < 1.29 is 9.59 Å². The third-order valence-corrected chi connectivity index (χ3v) is 0.645. The Kier molecular flexibility index (Phi) is 3.35. The van der Waals surface area contributed by atoms with Gasteiger partial charge in [0.25, 0.3) is 0 Å². The van der Waals surface area contributed by atoms with E-state index in [0.717, 1.165) is 0 Å². The van der Waals surface area contributed by atoms with E-state index < -0.39 is 0 Å². The molecule has 1 N–H and O–H groups in total. The largest absolute Gasteiger partial charge is 0.296 e. The molecule has 3 nitrogen and oxygen atoms in total. The van der Waals surface area contributed by atoms with Crippen LogP contribution in [0.1, 0.15) is 13.3 Å². The number of hydrogen-bond acceptors (Lipinski definition) is 2. The monoisotopic (exact) mass is 127 g/mol. The zero-order valence-corrected chi connectivity index (χ0v) is 5.31. The Hall–Kier alpha value is -1.12. The highest BCUT2D eigenvalue weighted by molar-refractivity contribution is 5.94. The Bertz CT molecular complexity index is 140. The van der Waals surface area contributed by atoms with Gasteiger partial charge in [-0.2, -0.15) is 0 Å². The molecule has 0 aliphatic heterocycles. The van der Waals surface area contributed by atoms with Gasteiger partial charge in [0.2, 0.25) is 11.8 Å². The normalized spacial score (nSPS) is 8.11. The van der Waals surface area contributed by atoms with Gasteiger partial charge in [0.05, 0.1) is 0 Å². The molecule has 0 saturated carbocycles. The lowest BCUT2D eigenvalue weighted by atomic mass is 10.4. The van der Waals surface area contributed by atoms with Gasteiger partial charge in [-0.1, -0.05) is 6.08 Å². The Morgan fingerprint density at radius 3 is 2.56 bits per heavy atom. The molecule has 0 aromatic carbocycles. The summed E-state index contributed by atoms with van der Waals surface area (Å²) in [4.78, 5) is 20.6. The molecule has 50 valence electrons. The van der Waals surface area contributed by atoms with Gasteiger partial charge >= 0.3 is 0 Å². The first kappa shape index (κ1) is 7.88. The van der Waals surface area contributed by atoms with Crippen LogP contribution in [0, 0.1) is 0 Å². The number of carbonyl (C=O) groups is 2. The van der Waals surface area contributed by atoms with Crippen molar-refractivity contribution in [2.24, 2.45) is 0 Å². The van der Waals surface area contributed by atoms with Crippen LogP contribution in [0.5, 0.6) is 0 Å². The van der Waals surface area contributed by atoms with Gasteiger partial charge in [-0.25, -0.2) is 0 Å². The van der Waals surface area contributed by atoms with Crippen LogP contribution in [0.2, 0.25) is 0 Å². The molecule has 0 aliphatic carbocycles. The molecular formula is C6H9NO2. The lowest BCUT2D eigenvalue weighted by Crippen LogP contribution is -2.26.